The summed E-state index contributed by atoms with van der Waals surface area (Å²) in [7, 11) is -4.03. The van der Waals surface area contributed by atoms with E-state index < -0.39 is 34.5 Å². The molecule has 9 nitrogen and oxygen atoms in total. The van der Waals surface area contributed by atoms with Crippen LogP contribution in [0.3, 0.4) is 0 Å². The highest BCUT2D eigenvalue weighted by atomic mass is 32.2. The fourth-order valence-corrected chi connectivity index (χ4v) is 6.55. The van der Waals surface area contributed by atoms with E-state index in [0.29, 0.717) is 34.6 Å². The maximum Gasteiger partial charge on any atom is 0.251 e. The Morgan fingerprint density at radius 3 is 2.60 bits per heavy atom. The Bertz CT molecular complexity index is 1360. The highest BCUT2D eigenvalue weighted by Crippen LogP contribution is 2.45. The van der Waals surface area contributed by atoms with E-state index in [1.165, 1.54) is 12.4 Å². The first-order chi connectivity index (χ1) is 16.7. The normalized spacial score (nSPS) is 24.5. The van der Waals surface area contributed by atoms with Gasteiger partial charge in [-0.3, -0.25) is 0 Å². The summed E-state index contributed by atoms with van der Waals surface area (Å²) in [5, 5.41) is 11.7. The zero-order chi connectivity index (χ0) is 24.4. The van der Waals surface area contributed by atoms with E-state index in [2.05, 4.69) is 25.1 Å². The van der Waals surface area contributed by atoms with E-state index >= 15 is 0 Å². The van der Waals surface area contributed by atoms with Gasteiger partial charge in [0.15, 0.2) is 0 Å². The predicted octanol–water partition coefficient (Wildman–Crippen LogP) is 4.10. The molecule has 1 aromatic carbocycles. The average molecular weight is 505 g/mol. The van der Waals surface area contributed by atoms with Crippen molar-refractivity contribution >= 4 is 10.0 Å². The lowest BCUT2D eigenvalue weighted by Gasteiger charge is -2.35. The number of sulfonamides is 1. The SMILES string of the molecule is Cc1nncn1C1CC(NS(=O)(=O)c2ccc(-c3noc(C4CC4)n3)cc2C2CC2)CC(F)(F)C1. The van der Waals surface area contributed by atoms with Crippen molar-refractivity contribution in [1.29, 1.82) is 0 Å². The number of rotatable bonds is 7. The van der Waals surface area contributed by atoms with Gasteiger partial charge in [0.1, 0.15) is 12.2 Å². The maximum atomic E-state index is 14.6. The molecule has 3 aliphatic rings. The van der Waals surface area contributed by atoms with Gasteiger partial charge in [-0.1, -0.05) is 5.16 Å². The molecule has 0 amide bonds. The molecular weight excluding hydrogens is 478 g/mol. The molecule has 0 bridgehead atoms. The Hall–Kier alpha value is -2.73. The van der Waals surface area contributed by atoms with Gasteiger partial charge in [0, 0.05) is 36.4 Å². The molecule has 0 spiro atoms. The zero-order valence-corrected chi connectivity index (χ0v) is 20.0. The molecule has 2 heterocycles. The first-order valence-electron chi connectivity index (χ1n) is 11.9. The van der Waals surface area contributed by atoms with Gasteiger partial charge in [0.05, 0.1) is 4.90 Å². The molecule has 186 valence electrons. The van der Waals surface area contributed by atoms with E-state index in [1.807, 2.05) is 0 Å². The van der Waals surface area contributed by atoms with Crippen LogP contribution < -0.4 is 4.72 Å². The highest BCUT2D eigenvalue weighted by molar-refractivity contribution is 7.89. The number of hydrogen-bond acceptors (Lipinski definition) is 7. The van der Waals surface area contributed by atoms with Gasteiger partial charge in [-0.2, -0.15) is 4.98 Å². The van der Waals surface area contributed by atoms with Gasteiger partial charge in [-0.15, -0.1) is 10.2 Å². The second kappa shape index (κ2) is 8.16. The van der Waals surface area contributed by atoms with Crippen molar-refractivity contribution in [1.82, 2.24) is 29.6 Å². The summed E-state index contributed by atoms with van der Waals surface area (Å²) < 4.78 is 65.6. The molecule has 2 atom stereocenters. The van der Waals surface area contributed by atoms with Crippen molar-refractivity contribution in [2.24, 2.45) is 0 Å². The van der Waals surface area contributed by atoms with E-state index in [4.69, 9.17) is 4.52 Å². The van der Waals surface area contributed by atoms with Crippen molar-refractivity contribution in [3.63, 3.8) is 0 Å². The minimum absolute atomic E-state index is 0.108. The van der Waals surface area contributed by atoms with Crippen LogP contribution in [-0.4, -0.2) is 45.3 Å². The molecule has 0 aliphatic heterocycles. The minimum atomic E-state index is -4.03. The number of benzene rings is 1. The average Bonchev–Trinajstić information content (AvgIpc) is 3.72. The summed E-state index contributed by atoms with van der Waals surface area (Å²) in [5.41, 5.74) is 1.36. The summed E-state index contributed by atoms with van der Waals surface area (Å²) in [6.07, 6.45) is 4.56. The summed E-state index contributed by atoms with van der Waals surface area (Å²) in [5.74, 6) is -1.01. The lowest BCUT2D eigenvalue weighted by molar-refractivity contribution is -0.0579. The zero-order valence-electron chi connectivity index (χ0n) is 19.2. The quantitative estimate of drug-likeness (QED) is 0.515. The summed E-state index contributed by atoms with van der Waals surface area (Å²) in [6.45, 7) is 1.69. The Morgan fingerprint density at radius 2 is 1.91 bits per heavy atom. The summed E-state index contributed by atoms with van der Waals surface area (Å²) in [6, 6.07) is 3.47. The smallest absolute Gasteiger partial charge is 0.251 e. The number of halogens is 2. The molecule has 0 radical (unpaired) electrons. The second-order valence-electron chi connectivity index (χ2n) is 10.0. The molecule has 2 aromatic heterocycles. The molecule has 35 heavy (non-hydrogen) atoms. The Balaban J connectivity index is 1.27. The number of aromatic nitrogens is 5. The molecule has 6 rings (SSSR count). The van der Waals surface area contributed by atoms with Crippen LogP contribution in [-0.2, 0) is 10.0 Å². The van der Waals surface area contributed by atoms with Gasteiger partial charge < -0.3 is 9.09 Å². The van der Waals surface area contributed by atoms with Crippen molar-refractivity contribution < 1.29 is 21.7 Å². The second-order valence-corrected chi connectivity index (χ2v) is 11.7. The monoisotopic (exact) mass is 504 g/mol. The van der Waals surface area contributed by atoms with E-state index in [9.17, 15) is 17.2 Å². The number of alkyl halides is 2. The van der Waals surface area contributed by atoms with Gasteiger partial charge in [-0.05, 0) is 68.7 Å². The topological polar surface area (TPSA) is 116 Å². The minimum Gasteiger partial charge on any atom is -0.339 e. The summed E-state index contributed by atoms with van der Waals surface area (Å²) >= 11 is 0. The fraction of sp³-hybridized carbons (Fsp3) is 0.565. The Kier molecular flexibility index (Phi) is 5.29. The van der Waals surface area contributed by atoms with Crippen LogP contribution in [0.2, 0.25) is 0 Å². The standard InChI is InChI=1S/C23H26F2N6O3S/c1-13-28-26-12-31(13)18-9-17(10-23(24,25)11-18)30-35(32,33)20-7-6-16(8-19(20)14-2-3-14)21-27-22(34-29-21)15-4-5-15/h6-8,12,14-15,17-18,30H,2-5,9-11H2,1H3. The molecule has 3 saturated carbocycles. The molecule has 3 fully saturated rings. The number of nitrogens with one attached hydrogen (secondary N) is 1. The number of nitrogens with zero attached hydrogens (tertiary/aromatic N) is 5. The third kappa shape index (κ3) is 4.61. The van der Waals surface area contributed by atoms with Crippen molar-refractivity contribution in [2.75, 3.05) is 0 Å². The van der Waals surface area contributed by atoms with Gasteiger partial charge in [0.2, 0.25) is 21.7 Å². The Labute approximate surface area is 201 Å². The molecule has 3 aromatic rings. The van der Waals surface area contributed by atoms with Crippen LogP contribution in [0.4, 0.5) is 8.78 Å². The molecule has 12 heteroatoms. The largest absolute Gasteiger partial charge is 0.339 e. The van der Waals surface area contributed by atoms with Crippen molar-refractivity contribution in [2.45, 2.75) is 86.6 Å². The van der Waals surface area contributed by atoms with Crippen LogP contribution in [0, 0.1) is 6.92 Å². The lowest BCUT2D eigenvalue weighted by Crippen LogP contribution is -2.45. The molecule has 3 aliphatic carbocycles. The van der Waals surface area contributed by atoms with Crippen LogP contribution in [0.5, 0.6) is 0 Å². The van der Waals surface area contributed by atoms with Gasteiger partial charge in [-0.25, -0.2) is 21.9 Å². The van der Waals surface area contributed by atoms with Crippen molar-refractivity contribution in [3.8, 4) is 11.4 Å². The highest BCUT2D eigenvalue weighted by Gasteiger charge is 2.44. The number of hydrogen-bond donors (Lipinski definition) is 1. The third-order valence-corrected chi connectivity index (χ3v) is 8.64. The van der Waals surface area contributed by atoms with Gasteiger partial charge in [0.25, 0.3) is 5.92 Å². The predicted molar refractivity (Wildman–Crippen MR) is 120 cm³/mol. The molecule has 0 saturated heterocycles. The molecule has 2 unspecified atom stereocenters. The summed E-state index contributed by atoms with van der Waals surface area (Å²) in [4.78, 5) is 4.59. The first kappa shape index (κ1) is 22.7. The van der Waals surface area contributed by atoms with E-state index in [1.54, 1.807) is 23.6 Å². The van der Waals surface area contributed by atoms with E-state index in [-0.39, 0.29) is 23.7 Å². The third-order valence-electron chi connectivity index (χ3n) is 7.05. The van der Waals surface area contributed by atoms with Crippen LogP contribution in [0.25, 0.3) is 11.4 Å². The molecular formula is C23H26F2N6O3S. The van der Waals surface area contributed by atoms with Gasteiger partial charge >= 0.3 is 0 Å². The van der Waals surface area contributed by atoms with Crippen LogP contribution in [0.15, 0.2) is 33.9 Å². The fourth-order valence-electron chi connectivity index (χ4n) is 5.02. The molecule has 1 N–H and O–H groups in total. The van der Waals surface area contributed by atoms with Crippen molar-refractivity contribution in [3.05, 3.63) is 41.8 Å². The first-order valence-corrected chi connectivity index (χ1v) is 13.4. The number of aryl methyl sites for hydroxylation is 1. The van der Waals surface area contributed by atoms with Crippen LogP contribution in [0.1, 0.15) is 80.1 Å². The van der Waals surface area contributed by atoms with Crippen LogP contribution >= 0.6 is 0 Å². The Morgan fingerprint density at radius 1 is 1.14 bits per heavy atom. The lowest BCUT2D eigenvalue weighted by atomic mass is 9.88. The van der Waals surface area contributed by atoms with E-state index in [0.717, 1.165) is 25.7 Å². The maximum absolute atomic E-state index is 14.6.